The molecule has 4 nitrogen and oxygen atoms in total. The van der Waals surface area contributed by atoms with Gasteiger partial charge in [0.2, 0.25) is 0 Å². The molecule has 0 radical (unpaired) electrons. The van der Waals surface area contributed by atoms with Gasteiger partial charge in [0, 0.05) is 53.4 Å². The summed E-state index contributed by atoms with van der Waals surface area (Å²) < 4.78 is 34.3. The molecule has 4 aromatic rings. The maximum Gasteiger partial charge on any atom is 0.178 e. The van der Waals surface area contributed by atoms with Gasteiger partial charge in [-0.2, -0.15) is 0 Å². The zero-order valence-electron chi connectivity index (χ0n) is 19.4. The van der Waals surface area contributed by atoms with Crippen molar-refractivity contribution < 1.29 is 13.5 Å². The second-order valence-electron chi connectivity index (χ2n) is 8.44. The first-order valence-electron chi connectivity index (χ1n) is 11.2. The Labute approximate surface area is 203 Å². The Morgan fingerprint density at radius 1 is 0.912 bits per heavy atom. The first-order chi connectivity index (χ1) is 16.3. The SMILES string of the molecule is Cc1cc2c(-c3ccc(Cl)c(F)c3F)cc(C3CCOCC3)nc2nc1C.Cc1ccccn1. The molecular formula is C27H26ClF2N3O. The van der Waals surface area contributed by atoms with Crippen LogP contribution < -0.4 is 0 Å². The van der Waals surface area contributed by atoms with Gasteiger partial charge in [0.25, 0.3) is 0 Å². The molecule has 5 rings (SSSR count). The molecule has 0 saturated carbocycles. The van der Waals surface area contributed by atoms with Crippen LogP contribution in [0.2, 0.25) is 5.02 Å². The largest absolute Gasteiger partial charge is 0.381 e. The minimum atomic E-state index is -1.04. The predicted molar refractivity (Wildman–Crippen MR) is 131 cm³/mol. The summed E-state index contributed by atoms with van der Waals surface area (Å²) in [6, 6.07) is 12.5. The fourth-order valence-electron chi connectivity index (χ4n) is 3.96. The summed E-state index contributed by atoms with van der Waals surface area (Å²) in [5, 5.41) is 0.471. The minimum absolute atomic E-state index is 0.169. The van der Waals surface area contributed by atoms with E-state index in [0.29, 0.717) is 29.8 Å². The van der Waals surface area contributed by atoms with E-state index in [-0.39, 0.29) is 16.5 Å². The summed E-state index contributed by atoms with van der Waals surface area (Å²) in [7, 11) is 0. The molecule has 1 aromatic carbocycles. The van der Waals surface area contributed by atoms with E-state index in [1.165, 1.54) is 12.1 Å². The lowest BCUT2D eigenvalue weighted by atomic mass is 9.92. The van der Waals surface area contributed by atoms with Crippen LogP contribution in [-0.4, -0.2) is 28.2 Å². The van der Waals surface area contributed by atoms with Crippen molar-refractivity contribution in [2.24, 2.45) is 0 Å². The van der Waals surface area contributed by atoms with Crippen LogP contribution in [0.1, 0.15) is 41.4 Å². The molecule has 1 saturated heterocycles. The van der Waals surface area contributed by atoms with Gasteiger partial charge in [-0.25, -0.2) is 18.7 Å². The van der Waals surface area contributed by atoms with E-state index in [1.807, 2.05) is 51.1 Å². The van der Waals surface area contributed by atoms with Crippen molar-refractivity contribution >= 4 is 22.6 Å². The van der Waals surface area contributed by atoms with Gasteiger partial charge in [-0.05, 0) is 81.1 Å². The summed E-state index contributed by atoms with van der Waals surface area (Å²) in [4.78, 5) is 13.3. The maximum absolute atomic E-state index is 14.7. The van der Waals surface area contributed by atoms with Crippen LogP contribution in [-0.2, 0) is 4.74 Å². The molecule has 0 unspecified atom stereocenters. The van der Waals surface area contributed by atoms with E-state index in [9.17, 15) is 8.78 Å². The Bertz CT molecular complexity index is 1310. The molecule has 0 N–H and O–H groups in total. The highest BCUT2D eigenvalue weighted by molar-refractivity contribution is 6.30. The van der Waals surface area contributed by atoms with Gasteiger partial charge in [0.05, 0.1) is 5.02 Å². The second kappa shape index (κ2) is 10.5. The molecule has 4 heterocycles. The van der Waals surface area contributed by atoms with Gasteiger partial charge >= 0.3 is 0 Å². The summed E-state index contributed by atoms with van der Waals surface area (Å²) in [6.45, 7) is 7.17. The number of pyridine rings is 3. The van der Waals surface area contributed by atoms with Crippen LogP contribution in [0.4, 0.5) is 8.78 Å². The first kappa shape index (κ1) is 24.2. The quantitative estimate of drug-likeness (QED) is 0.286. The summed E-state index contributed by atoms with van der Waals surface area (Å²) in [6.07, 6.45) is 3.48. The molecule has 7 heteroatoms. The summed E-state index contributed by atoms with van der Waals surface area (Å²) in [5.74, 6) is -1.78. The van der Waals surface area contributed by atoms with Crippen molar-refractivity contribution in [3.05, 3.63) is 88.0 Å². The Morgan fingerprint density at radius 2 is 1.68 bits per heavy atom. The highest BCUT2D eigenvalue weighted by Crippen LogP contribution is 2.36. The number of nitrogens with zero attached hydrogens (tertiary/aromatic N) is 3. The Hall–Kier alpha value is -2.96. The van der Waals surface area contributed by atoms with E-state index < -0.39 is 11.6 Å². The van der Waals surface area contributed by atoms with Gasteiger partial charge in [0.1, 0.15) is 0 Å². The topological polar surface area (TPSA) is 47.9 Å². The molecule has 0 spiro atoms. The third-order valence-corrected chi connectivity index (χ3v) is 6.33. The van der Waals surface area contributed by atoms with Gasteiger partial charge in [0.15, 0.2) is 17.3 Å². The summed E-state index contributed by atoms with van der Waals surface area (Å²) >= 11 is 5.74. The molecule has 1 aliphatic heterocycles. The van der Waals surface area contributed by atoms with Crippen LogP contribution in [0.15, 0.2) is 48.7 Å². The smallest absolute Gasteiger partial charge is 0.178 e. The fourth-order valence-corrected chi connectivity index (χ4v) is 4.11. The zero-order valence-corrected chi connectivity index (χ0v) is 20.2. The van der Waals surface area contributed by atoms with Crippen molar-refractivity contribution in [3.63, 3.8) is 0 Å². The van der Waals surface area contributed by atoms with E-state index in [1.54, 1.807) is 6.20 Å². The predicted octanol–water partition coefficient (Wildman–Crippen LogP) is 7.13. The molecule has 0 bridgehead atoms. The van der Waals surface area contributed by atoms with Gasteiger partial charge < -0.3 is 4.74 Å². The zero-order chi connectivity index (χ0) is 24.2. The Balaban J connectivity index is 0.000000336. The minimum Gasteiger partial charge on any atom is -0.381 e. The molecule has 3 aromatic heterocycles. The maximum atomic E-state index is 14.7. The molecule has 0 atom stereocenters. The van der Waals surface area contributed by atoms with Crippen LogP contribution in [0.3, 0.4) is 0 Å². The normalized spacial score (nSPS) is 14.1. The van der Waals surface area contributed by atoms with Gasteiger partial charge in [-0.15, -0.1) is 0 Å². The standard InChI is InChI=1S/C21H19ClF2N2O.C6H7N/c1-11-9-16-15(14-3-4-17(22)20(24)19(14)23)10-18(13-5-7-27-8-6-13)26-21(16)25-12(11)2;1-6-4-2-3-5-7-6/h3-4,9-10,13H,5-8H2,1-2H3;2-5H,1H3. The lowest BCUT2D eigenvalue weighted by Crippen LogP contribution is -2.15. The average molecular weight is 482 g/mol. The van der Waals surface area contributed by atoms with E-state index in [2.05, 4.69) is 9.97 Å². The third kappa shape index (κ3) is 5.24. The number of benzene rings is 1. The molecule has 34 heavy (non-hydrogen) atoms. The monoisotopic (exact) mass is 481 g/mol. The molecular weight excluding hydrogens is 456 g/mol. The Morgan fingerprint density at radius 3 is 2.32 bits per heavy atom. The number of aryl methyl sites for hydroxylation is 3. The number of fused-ring (bicyclic) bond motifs is 1. The second-order valence-corrected chi connectivity index (χ2v) is 8.84. The molecule has 0 aliphatic carbocycles. The van der Waals surface area contributed by atoms with Crippen molar-refractivity contribution in [1.29, 1.82) is 0 Å². The van der Waals surface area contributed by atoms with Crippen LogP contribution in [0, 0.1) is 32.4 Å². The van der Waals surface area contributed by atoms with E-state index >= 15 is 0 Å². The Kier molecular flexibility index (Phi) is 7.49. The first-order valence-corrected chi connectivity index (χ1v) is 11.6. The fraction of sp³-hybridized carbons (Fsp3) is 0.296. The van der Waals surface area contributed by atoms with Crippen LogP contribution in [0.5, 0.6) is 0 Å². The van der Waals surface area contributed by atoms with Gasteiger partial charge in [-0.3, -0.25) is 4.98 Å². The number of aromatic nitrogens is 3. The molecule has 1 fully saturated rings. The van der Waals surface area contributed by atoms with E-state index in [0.717, 1.165) is 35.5 Å². The van der Waals surface area contributed by atoms with Crippen LogP contribution in [0.25, 0.3) is 22.2 Å². The van der Waals surface area contributed by atoms with Crippen LogP contribution >= 0.6 is 11.6 Å². The summed E-state index contributed by atoms with van der Waals surface area (Å²) in [5.41, 5.74) is 5.06. The van der Waals surface area contributed by atoms with Crippen molar-refractivity contribution in [3.8, 4) is 11.1 Å². The highest BCUT2D eigenvalue weighted by atomic mass is 35.5. The lowest BCUT2D eigenvalue weighted by molar-refractivity contribution is 0.0846. The number of hydrogen-bond acceptors (Lipinski definition) is 4. The molecule has 1 aliphatic rings. The number of halogens is 3. The van der Waals surface area contributed by atoms with Gasteiger partial charge in [-0.1, -0.05) is 17.7 Å². The number of rotatable bonds is 2. The van der Waals surface area contributed by atoms with Crippen molar-refractivity contribution in [2.45, 2.75) is 39.5 Å². The number of ether oxygens (including phenoxy) is 1. The lowest BCUT2D eigenvalue weighted by Gasteiger charge is -2.23. The van der Waals surface area contributed by atoms with Crippen molar-refractivity contribution in [1.82, 2.24) is 15.0 Å². The molecule has 0 amide bonds. The molecule has 176 valence electrons. The van der Waals surface area contributed by atoms with Crippen molar-refractivity contribution in [2.75, 3.05) is 13.2 Å². The highest BCUT2D eigenvalue weighted by Gasteiger charge is 2.22. The number of hydrogen-bond donors (Lipinski definition) is 0. The van der Waals surface area contributed by atoms with E-state index in [4.69, 9.17) is 21.3 Å². The third-order valence-electron chi connectivity index (χ3n) is 6.04. The average Bonchev–Trinajstić information content (AvgIpc) is 2.84.